The second kappa shape index (κ2) is 4.39. The molecule has 2 rings (SSSR count). The van der Waals surface area contributed by atoms with Crippen molar-refractivity contribution in [2.45, 2.75) is 4.83 Å². The van der Waals surface area contributed by atoms with E-state index in [2.05, 4.69) is 31.9 Å². The van der Waals surface area contributed by atoms with E-state index in [9.17, 15) is 0 Å². The lowest BCUT2D eigenvalue weighted by Gasteiger charge is -2.05. The molecule has 1 unspecified atom stereocenters. The summed E-state index contributed by atoms with van der Waals surface area (Å²) in [6.45, 7) is 0. The molecule has 0 aromatic carbocycles. The van der Waals surface area contributed by atoms with Crippen molar-refractivity contribution in [2.75, 3.05) is 0 Å². The number of furan rings is 1. The molecule has 1 nitrogen and oxygen atoms in total. The first-order chi connectivity index (χ1) is 6.70. The molecular formula is C9H5Br2ClOS. The highest BCUT2D eigenvalue weighted by Crippen LogP contribution is 2.41. The summed E-state index contributed by atoms with van der Waals surface area (Å²) < 4.78 is 5.91. The normalized spacial score (nSPS) is 13.1. The van der Waals surface area contributed by atoms with Gasteiger partial charge < -0.3 is 4.42 Å². The summed E-state index contributed by atoms with van der Waals surface area (Å²) in [6, 6.07) is 3.81. The molecule has 0 amide bonds. The average Bonchev–Trinajstić information content (AvgIpc) is 2.73. The molecular weight excluding hydrogens is 351 g/mol. The molecule has 0 bridgehead atoms. The lowest BCUT2D eigenvalue weighted by Crippen LogP contribution is -1.88. The Hall–Kier alpha value is 0.230. The molecule has 14 heavy (non-hydrogen) atoms. The minimum atomic E-state index is 0.0862. The van der Waals surface area contributed by atoms with Gasteiger partial charge >= 0.3 is 0 Å². The number of hydrogen-bond acceptors (Lipinski definition) is 2. The van der Waals surface area contributed by atoms with Crippen LogP contribution in [0.2, 0.25) is 5.02 Å². The highest BCUT2D eigenvalue weighted by molar-refractivity contribution is 9.10. The number of thiophene rings is 1. The van der Waals surface area contributed by atoms with Gasteiger partial charge in [-0.2, -0.15) is 0 Å². The smallest absolute Gasteiger partial charge is 0.173 e. The summed E-state index contributed by atoms with van der Waals surface area (Å²) in [6.07, 6.45) is 1.65. The van der Waals surface area contributed by atoms with E-state index in [0.29, 0.717) is 0 Å². The summed E-state index contributed by atoms with van der Waals surface area (Å²) in [5.41, 5.74) is 1.05. The molecule has 74 valence electrons. The van der Waals surface area contributed by atoms with Gasteiger partial charge in [-0.3, -0.25) is 0 Å². The SMILES string of the molecule is Clc1ccsc1C(Br)c1ccoc1Br. The van der Waals surface area contributed by atoms with E-state index in [1.807, 2.05) is 17.5 Å². The molecule has 1 atom stereocenters. The van der Waals surface area contributed by atoms with Crippen molar-refractivity contribution in [2.24, 2.45) is 0 Å². The maximum atomic E-state index is 6.04. The third kappa shape index (κ3) is 1.94. The Balaban J connectivity index is 2.38. The monoisotopic (exact) mass is 354 g/mol. The fraction of sp³-hybridized carbons (Fsp3) is 0.111. The molecule has 2 heterocycles. The molecule has 0 fully saturated rings. The predicted octanol–water partition coefficient (Wildman–Crippen LogP) is 5.24. The first-order valence-electron chi connectivity index (χ1n) is 3.80. The van der Waals surface area contributed by atoms with Crippen molar-refractivity contribution in [1.82, 2.24) is 0 Å². The van der Waals surface area contributed by atoms with Crippen LogP contribution in [0.25, 0.3) is 0 Å². The molecule has 5 heteroatoms. The van der Waals surface area contributed by atoms with Gasteiger partial charge in [0.15, 0.2) is 4.67 Å². The summed E-state index contributed by atoms with van der Waals surface area (Å²) in [5.74, 6) is 0. The zero-order valence-electron chi connectivity index (χ0n) is 6.84. The Labute approximate surface area is 107 Å². The predicted molar refractivity (Wildman–Crippen MR) is 66.5 cm³/mol. The molecule has 0 saturated carbocycles. The van der Waals surface area contributed by atoms with Crippen LogP contribution < -0.4 is 0 Å². The van der Waals surface area contributed by atoms with Crippen molar-refractivity contribution < 1.29 is 4.42 Å². The van der Waals surface area contributed by atoms with Crippen LogP contribution in [0.1, 0.15) is 15.3 Å². The average molecular weight is 356 g/mol. The van der Waals surface area contributed by atoms with Crippen LogP contribution in [-0.4, -0.2) is 0 Å². The number of halogens is 3. The van der Waals surface area contributed by atoms with Crippen LogP contribution in [0.5, 0.6) is 0 Å². The van der Waals surface area contributed by atoms with Crippen molar-refractivity contribution in [3.63, 3.8) is 0 Å². The molecule has 0 N–H and O–H groups in total. The standard InChI is InChI=1S/C9H5Br2ClOS/c10-7(5-1-3-13-9(5)11)8-6(12)2-4-14-8/h1-4,7H. The molecule has 0 aliphatic rings. The molecule has 2 aromatic heterocycles. The number of hydrogen-bond donors (Lipinski definition) is 0. The molecule has 0 saturated heterocycles. The highest BCUT2D eigenvalue weighted by atomic mass is 79.9. The van der Waals surface area contributed by atoms with E-state index in [0.717, 1.165) is 20.1 Å². The molecule has 0 aliphatic heterocycles. The second-order valence-corrected chi connectivity index (χ2v) is 5.64. The lowest BCUT2D eigenvalue weighted by molar-refractivity contribution is 0.538. The Kier molecular flexibility index (Phi) is 3.37. The fourth-order valence-electron chi connectivity index (χ4n) is 1.11. The van der Waals surface area contributed by atoms with Gasteiger partial charge in [-0.25, -0.2) is 0 Å². The Morgan fingerprint density at radius 2 is 2.21 bits per heavy atom. The van der Waals surface area contributed by atoms with Gasteiger partial charge in [0.2, 0.25) is 0 Å². The van der Waals surface area contributed by atoms with Crippen molar-refractivity contribution in [3.8, 4) is 0 Å². The van der Waals surface area contributed by atoms with Gasteiger partial charge in [0.05, 0.1) is 16.1 Å². The topological polar surface area (TPSA) is 13.1 Å². The maximum absolute atomic E-state index is 6.04. The van der Waals surface area contributed by atoms with E-state index in [1.165, 1.54) is 0 Å². The molecule has 0 spiro atoms. The Morgan fingerprint density at radius 3 is 2.71 bits per heavy atom. The summed E-state index contributed by atoms with van der Waals surface area (Å²) in [4.78, 5) is 1.18. The van der Waals surface area contributed by atoms with Crippen LogP contribution in [0.3, 0.4) is 0 Å². The first kappa shape index (κ1) is 10.7. The number of alkyl halides is 1. The molecule has 0 radical (unpaired) electrons. The van der Waals surface area contributed by atoms with Crippen LogP contribution in [-0.2, 0) is 0 Å². The summed E-state index contributed by atoms with van der Waals surface area (Å²) in [7, 11) is 0. The van der Waals surface area contributed by atoms with Crippen LogP contribution in [0.15, 0.2) is 32.9 Å². The molecule has 0 aliphatic carbocycles. The van der Waals surface area contributed by atoms with Gasteiger partial charge in [-0.15, -0.1) is 11.3 Å². The minimum absolute atomic E-state index is 0.0862. The Morgan fingerprint density at radius 1 is 1.43 bits per heavy atom. The Bertz CT molecular complexity index is 397. The van der Waals surface area contributed by atoms with Gasteiger partial charge in [-0.05, 0) is 33.4 Å². The minimum Gasteiger partial charge on any atom is -0.457 e. The van der Waals surface area contributed by atoms with Gasteiger partial charge in [0, 0.05) is 10.4 Å². The highest BCUT2D eigenvalue weighted by Gasteiger charge is 2.19. The third-order valence-corrected chi connectivity index (χ3v) is 5.12. The van der Waals surface area contributed by atoms with Gasteiger partial charge in [0.1, 0.15) is 0 Å². The quantitative estimate of drug-likeness (QED) is 0.671. The first-order valence-corrected chi connectivity index (χ1v) is 6.76. The van der Waals surface area contributed by atoms with Gasteiger partial charge in [0.25, 0.3) is 0 Å². The van der Waals surface area contributed by atoms with Gasteiger partial charge in [-0.1, -0.05) is 27.5 Å². The van der Waals surface area contributed by atoms with Crippen molar-refractivity contribution in [1.29, 1.82) is 0 Å². The van der Waals surface area contributed by atoms with Crippen molar-refractivity contribution >= 4 is 54.8 Å². The summed E-state index contributed by atoms with van der Waals surface area (Å²) >= 11 is 14.6. The van der Waals surface area contributed by atoms with Crippen LogP contribution >= 0.6 is 54.8 Å². The zero-order valence-corrected chi connectivity index (χ0v) is 11.6. The van der Waals surface area contributed by atoms with E-state index >= 15 is 0 Å². The maximum Gasteiger partial charge on any atom is 0.173 e. The third-order valence-electron chi connectivity index (χ3n) is 1.79. The summed E-state index contributed by atoms with van der Waals surface area (Å²) in [5, 5.41) is 2.75. The lowest BCUT2D eigenvalue weighted by atomic mass is 10.2. The van der Waals surface area contributed by atoms with Crippen molar-refractivity contribution in [3.05, 3.63) is 43.9 Å². The van der Waals surface area contributed by atoms with Crippen LogP contribution in [0.4, 0.5) is 0 Å². The van der Waals surface area contributed by atoms with Crippen LogP contribution in [0, 0.1) is 0 Å². The van der Waals surface area contributed by atoms with E-state index < -0.39 is 0 Å². The largest absolute Gasteiger partial charge is 0.457 e. The number of rotatable bonds is 2. The van der Waals surface area contributed by atoms with E-state index in [-0.39, 0.29) is 4.83 Å². The second-order valence-electron chi connectivity index (χ2n) is 2.64. The van der Waals surface area contributed by atoms with E-state index in [1.54, 1.807) is 17.6 Å². The fourth-order valence-corrected chi connectivity index (χ4v) is 4.11. The zero-order chi connectivity index (χ0) is 10.1. The van der Waals surface area contributed by atoms with E-state index in [4.69, 9.17) is 16.0 Å². The molecule has 2 aromatic rings.